The number of aromatic nitrogens is 2. The lowest BCUT2D eigenvalue weighted by atomic mass is 10.4. The second-order valence-corrected chi connectivity index (χ2v) is 5.68. The van der Waals surface area contributed by atoms with Gasteiger partial charge in [0.15, 0.2) is 0 Å². The molecular weight excluding hydrogens is 236 g/mol. The Morgan fingerprint density at radius 1 is 1.40 bits per heavy atom. The van der Waals surface area contributed by atoms with Gasteiger partial charge in [0.2, 0.25) is 15.2 Å². The fourth-order valence-electron chi connectivity index (χ4n) is 0.910. The second kappa shape index (κ2) is 5.38. The molecule has 0 saturated carbocycles. The molecule has 2 N–H and O–H groups in total. The standard InChI is InChI=1S/C7H14N4O2S2/c1-6-10-7(14-11-6)8-4-3-5-9-15(2,12)13/h9H,3-5H2,1-2H3,(H,8,10,11). The molecule has 86 valence electrons. The molecule has 0 atom stereocenters. The highest BCUT2D eigenvalue weighted by atomic mass is 32.2. The predicted molar refractivity (Wildman–Crippen MR) is 60.6 cm³/mol. The third kappa shape index (κ3) is 5.65. The third-order valence-corrected chi connectivity index (χ3v) is 3.01. The number of nitrogens with zero attached hydrogens (tertiary/aromatic N) is 2. The molecule has 0 saturated heterocycles. The van der Waals surface area contributed by atoms with E-state index in [1.54, 1.807) is 0 Å². The van der Waals surface area contributed by atoms with Crippen LogP contribution < -0.4 is 10.0 Å². The van der Waals surface area contributed by atoms with Crippen LogP contribution in [0.1, 0.15) is 12.2 Å². The average molecular weight is 250 g/mol. The largest absolute Gasteiger partial charge is 0.360 e. The molecular formula is C7H14N4O2S2. The molecule has 0 radical (unpaired) electrons. The van der Waals surface area contributed by atoms with E-state index in [1.165, 1.54) is 11.5 Å². The normalized spacial score (nSPS) is 11.6. The molecule has 1 aromatic heterocycles. The van der Waals surface area contributed by atoms with Crippen LogP contribution in [0.5, 0.6) is 0 Å². The highest BCUT2D eigenvalue weighted by Crippen LogP contribution is 2.09. The second-order valence-electron chi connectivity index (χ2n) is 3.09. The number of nitrogens with one attached hydrogen (secondary N) is 2. The van der Waals surface area contributed by atoms with E-state index in [0.717, 1.165) is 17.2 Å². The smallest absolute Gasteiger partial charge is 0.208 e. The van der Waals surface area contributed by atoms with Crippen molar-refractivity contribution in [1.82, 2.24) is 14.1 Å². The summed E-state index contributed by atoms with van der Waals surface area (Å²) < 4.78 is 27.9. The van der Waals surface area contributed by atoms with Crippen molar-refractivity contribution >= 4 is 26.7 Å². The Bertz CT molecular complexity index is 401. The highest BCUT2D eigenvalue weighted by molar-refractivity contribution is 7.88. The van der Waals surface area contributed by atoms with Gasteiger partial charge in [-0.2, -0.15) is 4.37 Å². The Morgan fingerprint density at radius 3 is 2.67 bits per heavy atom. The van der Waals surface area contributed by atoms with Crippen molar-refractivity contribution in [3.8, 4) is 0 Å². The van der Waals surface area contributed by atoms with Gasteiger partial charge in [-0.15, -0.1) is 0 Å². The third-order valence-electron chi connectivity index (χ3n) is 1.52. The van der Waals surface area contributed by atoms with Crippen LogP contribution in [0.4, 0.5) is 5.13 Å². The summed E-state index contributed by atoms with van der Waals surface area (Å²) in [4.78, 5) is 4.11. The predicted octanol–water partition coefficient (Wildman–Crippen LogP) is 0.198. The van der Waals surface area contributed by atoms with Crippen LogP contribution in [0.3, 0.4) is 0 Å². The summed E-state index contributed by atoms with van der Waals surface area (Å²) >= 11 is 1.30. The van der Waals surface area contributed by atoms with E-state index < -0.39 is 10.0 Å². The molecule has 8 heteroatoms. The van der Waals surface area contributed by atoms with Crippen LogP contribution in [0.2, 0.25) is 0 Å². The van der Waals surface area contributed by atoms with Gasteiger partial charge in [0.05, 0.1) is 6.26 Å². The van der Waals surface area contributed by atoms with E-state index in [9.17, 15) is 8.42 Å². The van der Waals surface area contributed by atoms with Gasteiger partial charge >= 0.3 is 0 Å². The summed E-state index contributed by atoms with van der Waals surface area (Å²) in [6.45, 7) is 2.94. The summed E-state index contributed by atoms with van der Waals surface area (Å²) in [5.74, 6) is 0.747. The molecule has 0 aromatic carbocycles. The maximum atomic E-state index is 10.7. The fraction of sp³-hybridized carbons (Fsp3) is 0.714. The van der Waals surface area contributed by atoms with Gasteiger partial charge in [-0.25, -0.2) is 18.1 Å². The molecule has 0 bridgehead atoms. The van der Waals surface area contributed by atoms with E-state index in [2.05, 4.69) is 19.4 Å². The first-order valence-corrected chi connectivity index (χ1v) is 7.13. The number of hydrogen-bond acceptors (Lipinski definition) is 6. The van der Waals surface area contributed by atoms with Crippen molar-refractivity contribution in [2.45, 2.75) is 13.3 Å². The van der Waals surface area contributed by atoms with E-state index in [-0.39, 0.29) is 0 Å². The zero-order chi connectivity index (χ0) is 11.3. The van der Waals surface area contributed by atoms with Gasteiger partial charge in [-0.1, -0.05) is 0 Å². The first-order chi connectivity index (χ1) is 6.97. The maximum absolute atomic E-state index is 10.7. The number of anilines is 1. The minimum Gasteiger partial charge on any atom is -0.360 e. The lowest BCUT2D eigenvalue weighted by molar-refractivity contribution is 0.586. The Hall–Kier alpha value is -0.730. The monoisotopic (exact) mass is 250 g/mol. The first-order valence-electron chi connectivity index (χ1n) is 4.46. The Kier molecular flexibility index (Phi) is 4.43. The number of aryl methyl sites for hydroxylation is 1. The van der Waals surface area contributed by atoms with Crippen molar-refractivity contribution in [3.63, 3.8) is 0 Å². The van der Waals surface area contributed by atoms with E-state index in [1.807, 2.05) is 6.92 Å². The topological polar surface area (TPSA) is 84.0 Å². The average Bonchev–Trinajstić information content (AvgIpc) is 2.49. The van der Waals surface area contributed by atoms with Gasteiger partial charge in [-0.3, -0.25) is 0 Å². The minimum absolute atomic E-state index is 0.434. The van der Waals surface area contributed by atoms with E-state index in [0.29, 0.717) is 19.5 Å². The molecule has 0 amide bonds. The Balaban J connectivity index is 2.12. The van der Waals surface area contributed by atoms with Crippen molar-refractivity contribution in [2.24, 2.45) is 0 Å². The Labute approximate surface area is 93.3 Å². The molecule has 0 unspecified atom stereocenters. The quantitative estimate of drug-likeness (QED) is 0.705. The summed E-state index contributed by atoms with van der Waals surface area (Å²) in [5.41, 5.74) is 0. The highest BCUT2D eigenvalue weighted by Gasteiger charge is 2.00. The molecule has 15 heavy (non-hydrogen) atoms. The lowest BCUT2D eigenvalue weighted by Crippen LogP contribution is -2.24. The zero-order valence-corrected chi connectivity index (χ0v) is 10.3. The van der Waals surface area contributed by atoms with Crippen molar-refractivity contribution in [1.29, 1.82) is 0 Å². The maximum Gasteiger partial charge on any atom is 0.208 e. The molecule has 1 heterocycles. The molecule has 1 aromatic rings. The molecule has 1 rings (SSSR count). The van der Waals surface area contributed by atoms with Crippen LogP contribution in [0.25, 0.3) is 0 Å². The number of rotatable bonds is 6. The summed E-state index contributed by atoms with van der Waals surface area (Å²) in [5, 5.41) is 3.83. The van der Waals surface area contributed by atoms with Crippen molar-refractivity contribution in [2.75, 3.05) is 24.7 Å². The van der Waals surface area contributed by atoms with Crippen molar-refractivity contribution in [3.05, 3.63) is 5.82 Å². The van der Waals surface area contributed by atoms with E-state index >= 15 is 0 Å². The zero-order valence-electron chi connectivity index (χ0n) is 8.65. The molecule has 0 aliphatic rings. The van der Waals surface area contributed by atoms with Crippen LogP contribution in [0.15, 0.2) is 0 Å². The number of hydrogen-bond donors (Lipinski definition) is 2. The van der Waals surface area contributed by atoms with Gasteiger partial charge in [0, 0.05) is 24.6 Å². The summed E-state index contributed by atoms with van der Waals surface area (Å²) in [6, 6.07) is 0. The molecule has 0 aliphatic carbocycles. The van der Waals surface area contributed by atoms with Crippen LogP contribution in [-0.2, 0) is 10.0 Å². The lowest BCUT2D eigenvalue weighted by Gasteiger charge is -2.02. The fourth-order valence-corrected chi connectivity index (χ4v) is 2.02. The SMILES string of the molecule is Cc1nsc(NCCCNS(C)(=O)=O)n1. The van der Waals surface area contributed by atoms with E-state index in [4.69, 9.17) is 0 Å². The Morgan fingerprint density at radius 2 is 2.13 bits per heavy atom. The molecule has 0 fully saturated rings. The van der Waals surface area contributed by atoms with Gasteiger partial charge in [0.25, 0.3) is 0 Å². The molecule has 0 aliphatic heterocycles. The van der Waals surface area contributed by atoms with Crippen LogP contribution >= 0.6 is 11.5 Å². The minimum atomic E-state index is -3.07. The van der Waals surface area contributed by atoms with Crippen molar-refractivity contribution < 1.29 is 8.42 Å². The molecule has 0 spiro atoms. The first kappa shape index (κ1) is 12.3. The summed E-state index contributed by atoms with van der Waals surface area (Å²) in [6.07, 6.45) is 1.86. The van der Waals surface area contributed by atoms with Crippen LogP contribution in [-0.4, -0.2) is 37.1 Å². The number of sulfonamides is 1. The van der Waals surface area contributed by atoms with Gasteiger partial charge in [0.1, 0.15) is 5.82 Å². The molecule has 6 nitrogen and oxygen atoms in total. The van der Waals surface area contributed by atoms with Crippen LogP contribution in [0, 0.1) is 6.92 Å². The summed E-state index contributed by atoms with van der Waals surface area (Å²) in [7, 11) is -3.07. The van der Waals surface area contributed by atoms with Gasteiger partial charge in [-0.05, 0) is 13.3 Å². The van der Waals surface area contributed by atoms with Gasteiger partial charge < -0.3 is 5.32 Å².